The standard InChI is InChI=1S/C15H17ClN2O/c1-10(2)12-4-6-14(7-5-12)19-15-17-11(3)8-13(9-16)18-15/h4-8,10H,9H2,1-3H3. The summed E-state index contributed by atoms with van der Waals surface area (Å²) in [7, 11) is 0. The van der Waals surface area contributed by atoms with Crippen LogP contribution in [0.15, 0.2) is 30.3 Å². The first-order valence-electron chi connectivity index (χ1n) is 6.27. The van der Waals surface area contributed by atoms with Gasteiger partial charge in [0.1, 0.15) is 5.75 Å². The summed E-state index contributed by atoms with van der Waals surface area (Å²) >= 11 is 5.78. The van der Waals surface area contributed by atoms with Crippen molar-refractivity contribution in [3.8, 4) is 11.8 Å². The van der Waals surface area contributed by atoms with Crippen LogP contribution in [0.3, 0.4) is 0 Å². The number of nitrogens with zero attached hydrogens (tertiary/aromatic N) is 2. The first-order valence-corrected chi connectivity index (χ1v) is 6.80. The van der Waals surface area contributed by atoms with Crippen LogP contribution in [0.1, 0.15) is 36.7 Å². The van der Waals surface area contributed by atoms with Crippen molar-refractivity contribution in [1.29, 1.82) is 0 Å². The van der Waals surface area contributed by atoms with Gasteiger partial charge >= 0.3 is 6.01 Å². The van der Waals surface area contributed by atoms with Crippen LogP contribution in [0, 0.1) is 6.92 Å². The molecule has 0 aliphatic carbocycles. The fraction of sp³-hybridized carbons (Fsp3) is 0.333. The van der Waals surface area contributed by atoms with Crippen molar-refractivity contribution >= 4 is 11.6 Å². The molecular formula is C15H17ClN2O. The lowest BCUT2D eigenvalue weighted by molar-refractivity contribution is 0.438. The highest BCUT2D eigenvalue weighted by molar-refractivity contribution is 6.16. The van der Waals surface area contributed by atoms with Gasteiger partial charge in [0.15, 0.2) is 0 Å². The molecule has 0 fully saturated rings. The van der Waals surface area contributed by atoms with Crippen molar-refractivity contribution < 1.29 is 4.74 Å². The predicted octanol–water partition coefficient (Wildman–Crippen LogP) is 4.44. The molecule has 100 valence electrons. The van der Waals surface area contributed by atoms with Gasteiger partial charge in [0.25, 0.3) is 0 Å². The van der Waals surface area contributed by atoms with Crippen LogP contribution in [0.5, 0.6) is 11.8 Å². The minimum Gasteiger partial charge on any atom is -0.424 e. The Balaban J connectivity index is 2.18. The van der Waals surface area contributed by atoms with E-state index in [0.717, 1.165) is 17.1 Å². The Morgan fingerprint density at radius 1 is 1.16 bits per heavy atom. The normalized spacial score (nSPS) is 10.8. The van der Waals surface area contributed by atoms with Crippen LogP contribution in [0.4, 0.5) is 0 Å². The molecule has 0 atom stereocenters. The van der Waals surface area contributed by atoms with Crippen molar-refractivity contribution in [2.75, 3.05) is 0 Å². The van der Waals surface area contributed by atoms with Crippen LogP contribution < -0.4 is 4.74 Å². The molecule has 0 radical (unpaired) electrons. The van der Waals surface area contributed by atoms with Crippen LogP contribution in [0.25, 0.3) is 0 Å². The number of aromatic nitrogens is 2. The minimum absolute atomic E-state index is 0.341. The Kier molecular flexibility index (Phi) is 4.38. The number of rotatable bonds is 4. The molecule has 4 heteroatoms. The van der Waals surface area contributed by atoms with Gasteiger partial charge in [-0.25, -0.2) is 4.98 Å². The van der Waals surface area contributed by atoms with E-state index in [1.807, 2.05) is 25.1 Å². The topological polar surface area (TPSA) is 35.0 Å². The largest absolute Gasteiger partial charge is 0.424 e. The monoisotopic (exact) mass is 276 g/mol. The molecule has 0 saturated heterocycles. The van der Waals surface area contributed by atoms with Gasteiger partial charge in [0.2, 0.25) is 0 Å². The molecule has 0 aliphatic rings. The lowest BCUT2D eigenvalue weighted by atomic mass is 10.0. The van der Waals surface area contributed by atoms with Crippen LogP contribution in [0.2, 0.25) is 0 Å². The van der Waals surface area contributed by atoms with Gasteiger partial charge in [-0.1, -0.05) is 26.0 Å². The highest BCUT2D eigenvalue weighted by atomic mass is 35.5. The Morgan fingerprint density at radius 2 is 1.84 bits per heavy atom. The van der Waals surface area contributed by atoms with Gasteiger partial charge in [0, 0.05) is 5.69 Å². The number of aryl methyl sites for hydroxylation is 1. The lowest BCUT2D eigenvalue weighted by Crippen LogP contribution is -1.97. The minimum atomic E-state index is 0.341. The molecule has 1 aromatic carbocycles. The predicted molar refractivity (Wildman–Crippen MR) is 76.9 cm³/mol. The van der Waals surface area contributed by atoms with Crippen LogP contribution >= 0.6 is 11.6 Å². The van der Waals surface area contributed by atoms with Crippen molar-refractivity contribution in [1.82, 2.24) is 9.97 Å². The maximum atomic E-state index is 5.78. The highest BCUT2D eigenvalue weighted by Crippen LogP contribution is 2.22. The third kappa shape index (κ3) is 3.67. The fourth-order valence-corrected chi connectivity index (χ4v) is 1.88. The smallest absolute Gasteiger partial charge is 0.322 e. The number of benzene rings is 1. The lowest BCUT2D eigenvalue weighted by Gasteiger charge is -2.08. The molecule has 2 rings (SSSR count). The number of alkyl halides is 1. The van der Waals surface area contributed by atoms with E-state index in [-0.39, 0.29) is 0 Å². The third-order valence-electron chi connectivity index (χ3n) is 2.78. The molecule has 0 saturated carbocycles. The molecule has 1 aromatic heterocycles. The van der Waals surface area contributed by atoms with Gasteiger partial charge in [-0.2, -0.15) is 4.98 Å². The third-order valence-corrected chi connectivity index (χ3v) is 3.05. The van der Waals surface area contributed by atoms with Gasteiger partial charge in [-0.05, 0) is 36.6 Å². The molecule has 0 N–H and O–H groups in total. The molecule has 0 aliphatic heterocycles. The molecule has 0 bridgehead atoms. The van der Waals surface area contributed by atoms with E-state index in [2.05, 4.69) is 35.9 Å². The SMILES string of the molecule is Cc1cc(CCl)nc(Oc2ccc(C(C)C)cc2)n1. The van der Waals surface area contributed by atoms with Gasteiger partial charge in [-0.15, -0.1) is 11.6 Å². The zero-order chi connectivity index (χ0) is 13.8. The molecule has 0 unspecified atom stereocenters. The summed E-state index contributed by atoms with van der Waals surface area (Å²) in [5.41, 5.74) is 2.89. The first kappa shape index (κ1) is 13.8. The molecule has 0 spiro atoms. The van der Waals surface area contributed by atoms with Gasteiger partial charge in [-0.3, -0.25) is 0 Å². The number of hydrogen-bond donors (Lipinski definition) is 0. The number of hydrogen-bond acceptors (Lipinski definition) is 3. The van der Waals surface area contributed by atoms with Crippen molar-refractivity contribution in [2.24, 2.45) is 0 Å². The van der Waals surface area contributed by atoms with Crippen molar-refractivity contribution in [3.05, 3.63) is 47.3 Å². The van der Waals surface area contributed by atoms with E-state index >= 15 is 0 Å². The van der Waals surface area contributed by atoms with E-state index < -0.39 is 0 Å². The Morgan fingerprint density at radius 3 is 2.42 bits per heavy atom. The Labute approximate surface area is 118 Å². The second-order valence-electron chi connectivity index (χ2n) is 4.74. The molecular weight excluding hydrogens is 260 g/mol. The van der Waals surface area contributed by atoms with Gasteiger partial charge < -0.3 is 4.74 Å². The maximum absolute atomic E-state index is 5.78. The maximum Gasteiger partial charge on any atom is 0.322 e. The van der Waals surface area contributed by atoms with E-state index in [9.17, 15) is 0 Å². The zero-order valence-corrected chi connectivity index (χ0v) is 12.1. The molecule has 3 nitrogen and oxygen atoms in total. The van der Waals surface area contributed by atoms with E-state index in [1.165, 1.54) is 5.56 Å². The second-order valence-corrected chi connectivity index (χ2v) is 5.01. The quantitative estimate of drug-likeness (QED) is 0.775. The molecule has 19 heavy (non-hydrogen) atoms. The highest BCUT2D eigenvalue weighted by Gasteiger charge is 2.05. The number of ether oxygens (including phenoxy) is 1. The second kappa shape index (κ2) is 6.02. The summed E-state index contributed by atoms with van der Waals surface area (Å²) in [5.74, 6) is 1.59. The summed E-state index contributed by atoms with van der Waals surface area (Å²) in [6.45, 7) is 6.21. The summed E-state index contributed by atoms with van der Waals surface area (Å²) in [6, 6.07) is 10.2. The Hall–Kier alpha value is -1.61. The van der Waals surface area contributed by atoms with Crippen LogP contribution in [-0.2, 0) is 5.88 Å². The average molecular weight is 277 g/mol. The average Bonchev–Trinajstić information content (AvgIpc) is 2.38. The molecule has 0 amide bonds. The molecule has 1 heterocycles. The van der Waals surface area contributed by atoms with Crippen molar-refractivity contribution in [3.63, 3.8) is 0 Å². The summed E-state index contributed by atoms with van der Waals surface area (Å²) in [5, 5.41) is 0. The zero-order valence-electron chi connectivity index (χ0n) is 11.4. The summed E-state index contributed by atoms with van der Waals surface area (Å²) in [6.07, 6.45) is 0. The summed E-state index contributed by atoms with van der Waals surface area (Å²) in [4.78, 5) is 8.48. The van der Waals surface area contributed by atoms with E-state index in [4.69, 9.17) is 16.3 Å². The fourth-order valence-electron chi connectivity index (χ4n) is 1.74. The molecule has 2 aromatic rings. The number of halogens is 1. The first-order chi connectivity index (χ1) is 9.08. The summed E-state index contributed by atoms with van der Waals surface area (Å²) < 4.78 is 5.66. The van der Waals surface area contributed by atoms with E-state index in [0.29, 0.717) is 17.8 Å². The van der Waals surface area contributed by atoms with Crippen molar-refractivity contribution in [2.45, 2.75) is 32.6 Å². The van der Waals surface area contributed by atoms with Gasteiger partial charge in [0.05, 0.1) is 11.6 Å². The van der Waals surface area contributed by atoms with Crippen LogP contribution in [-0.4, -0.2) is 9.97 Å². The Bertz CT molecular complexity index is 553. The van der Waals surface area contributed by atoms with E-state index in [1.54, 1.807) is 0 Å².